The molecule has 9 unspecified atom stereocenters. The zero-order valence-electron chi connectivity index (χ0n) is 30.0. The minimum atomic E-state index is -1.88. The van der Waals surface area contributed by atoms with Gasteiger partial charge in [0.25, 0.3) is 0 Å². The maximum atomic E-state index is 12.7. The number of esters is 1. The van der Waals surface area contributed by atoms with E-state index in [9.17, 15) is 61.0 Å². The van der Waals surface area contributed by atoms with Crippen molar-refractivity contribution in [3.05, 3.63) is 12.2 Å². The molecule has 0 radical (unpaired) electrons. The highest BCUT2D eigenvalue weighted by molar-refractivity contribution is 5.81. The molecule has 19 atom stereocenters. The Balaban J connectivity index is 1.23. The first-order chi connectivity index (χ1) is 25.7. The molecule has 6 rings (SSSR count). The third-order valence-electron chi connectivity index (χ3n) is 12.2. The molecule has 0 bridgehead atoms. The summed E-state index contributed by atoms with van der Waals surface area (Å²) < 4.78 is 36.0. The third kappa shape index (κ3) is 9.63. The standard InChI is InChI=1S/C36H58O18/c37-13-25-28(44)30(46)32(48)35(52-25)54-34-31(47)29(45)26(14-49-27(43)8-3-15-1-5-17(38)6-2-15)53-36(34)51-24-12-19-21(41)10-18(39)11-23(19)50-33(24)16-4-7-20(40)22(42)9-16/h3,8,15-26,28-42,44-48H,1-2,4-7,9-14H2/t15?,16?,17?,18?,19?,20?,21?,22?,23?,24?,25-,26-,28-,29-,30+,31+,32-,33?,34-,35+,36-/m1/s1. The lowest BCUT2D eigenvalue weighted by atomic mass is 9.72. The van der Waals surface area contributed by atoms with Crippen molar-refractivity contribution in [3.63, 3.8) is 0 Å². The Labute approximate surface area is 312 Å². The van der Waals surface area contributed by atoms with Crippen LogP contribution in [0.5, 0.6) is 0 Å². The molecule has 0 aromatic heterocycles. The molecule has 3 heterocycles. The average Bonchev–Trinajstić information content (AvgIpc) is 3.14. The van der Waals surface area contributed by atoms with Crippen LogP contribution in [-0.4, -0.2) is 186 Å². The second kappa shape index (κ2) is 18.4. The topological polar surface area (TPSA) is 295 Å². The lowest BCUT2D eigenvalue weighted by Crippen LogP contribution is -2.66. The first kappa shape index (κ1) is 42.2. The highest BCUT2D eigenvalue weighted by Crippen LogP contribution is 2.44. The van der Waals surface area contributed by atoms with Crippen LogP contribution in [-0.2, 0) is 33.2 Å². The maximum Gasteiger partial charge on any atom is 0.330 e. The summed E-state index contributed by atoms with van der Waals surface area (Å²) in [4.78, 5) is 12.7. The van der Waals surface area contributed by atoms with Crippen LogP contribution < -0.4 is 0 Å². The van der Waals surface area contributed by atoms with Gasteiger partial charge in [-0.05, 0) is 76.0 Å². The highest BCUT2D eigenvalue weighted by atomic mass is 16.8. The molecule has 0 aromatic carbocycles. The average molecular weight is 779 g/mol. The summed E-state index contributed by atoms with van der Waals surface area (Å²) in [7, 11) is 0. The second-order valence-corrected chi connectivity index (χ2v) is 16.0. The minimum Gasteiger partial charge on any atom is -0.460 e. The molecule has 3 aliphatic carbocycles. The van der Waals surface area contributed by atoms with E-state index in [-0.39, 0.29) is 50.0 Å². The van der Waals surface area contributed by atoms with E-state index in [1.54, 1.807) is 6.08 Å². The molecule has 18 nitrogen and oxygen atoms in total. The zero-order chi connectivity index (χ0) is 38.8. The molecule has 310 valence electrons. The summed E-state index contributed by atoms with van der Waals surface area (Å²) in [5.41, 5.74) is 0. The van der Waals surface area contributed by atoms with Gasteiger partial charge in [0, 0.05) is 12.0 Å². The molecule has 3 saturated carbocycles. The quantitative estimate of drug-likeness (QED) is 0.0756. The van der Waals surface area contributed by atoms with Gasteiger partial charge < -0.3 is 84.6 Å². The Morgan fingerprint density at radius 1 is 0.630 bits per heavy atom. The summed E-state index contributed by atoms with van der Waals surface area (Å²) in [6.07, 6.45) is -16.1. The molecular formula is C36H58O18. The van der Waals surface area contributed by atoms with Crippen LogP contribution in [0.3, 0.4) is 0 Å². The SMILES string of the molecule is O=C(C=CC1CCC(O)CC1)OC[C@H]1O[C@@H](OC2CC3C(O)CC(O)CC3OC2C2CCC(O)C(O)C2)[C@H](O[C@@H]2O[C@H](CO)[C@@H](O)[C@H](O)[C@H]2O)[C@@H](O)[C@@H]1O. The summed E-state index contributed by atoms with van der Waals surface area (Å²) in [5.74, 6) is -1.50. The number of carbonyl (C=O) groups excluding carboxylic acids is 1. The Hall–Kier alpha value is -1.43. The van der Waals surface area contributed by atoms with Gasteiger partial charge in [0.05, 0.1) is 55.4 Å². The van der Waals surface area contributed by atoms with E-state index in [0.29, 0.717) is 32.1 Å². The number of hydrogen-bond donors (Lipinski definition) is 11. The largest absolute Gasteiger partial charge is 0.460 e. The van der Waals surface area contributed by atoms with Crippen molar-refractivity contribution in [3.8, 4) is 0 Å². The van der Waals surface area contributed by atoms with Crippen LogP contribution in [0.25, 0.3) is 0 Å². The summed E-state index contributed by atoms with van der Waals surface area (Å²) in [5, 5.41) is 116. The normalized spacial score (nSPS) is 50.4. The van der Waals surface area contributed by atoms with E-state index in [1.165, 1.54) is 6.08 Å². The van der Waals surface area contributed by atoms with Crippen molar-refractivity contribution < 1.29 is 89.4 Å². The van der Waals surface area contributed by atoms with Crippen LogP contribution in [0, 0.1) is 17.8 Å². The van der Waals surface area contributed by atoms with Crippen molar-refractivity contribution in [2.45, 2.75) is 174 Å². The van der Waals surface area contributed by atoms with Crippen molar-refractivity contribution >= 4 is 5.97 Å². The summed E-state index contributed by atoms with van der Waals surface area (Å²) in [6, 6.07) is 0. The van der Waals surface area contributed by atoms with E-state index < -0.39 is 129 Å². The molecule has 0 aromatic rings. The van der Waals surface area contributed by atoms with Crippen LogP contribution in [0.15, 0.2) is 12.2 Å². The van der Waals surface area contributed by atoms with Gasteiger partial charge in [0.2, 0.25) is 0 Å². The molecule has 6 aliphatic rings. The monoisotopic (exact) mass is 778 g/mol. The summed E-state index contributed by atoms with van der Waals surface area (Å²) >= 11 is 0. The van der Waals surface area contributed by atoms with E-state index in [2.05, 4.69) is 0 Å². The molecule has 18 heteroatoms. The smallest absolute Gasteiger partial charge is 0.330 e. The zero-order valence-corrected chi connectivity index (χ0v) is 30.0. The van der Waals surface area contributed by atoms with Crippen molar-refractivity contribution in [2.75, 3.05) is 13.2 Å². The fraction of sp³-hybridized carbons (Fsp3) is 0.917. The predicted molar refractivity (Wildman–Crippen MR) is 180 cm³/mol. The number of aliphatic hydroxyl groups is 11. The van der Waals surface area contributed by atoms with Crippen LogP contribution >= 0.6 is 0 Å². The highest BCUT2D eigenvalue weighted by Gasteiger charge is 2.54. The predicted octanol–water partition coefficient (Wildman–Crippen LogP) is -3.53. The Kier molecular flexibility index (Phi) is 14.4. The van der Waals surface area contributed by atoms with Crippen LogP contribution in [0.4, 0.5) is 0 Å². The number of allylic oxidation sites excluding steroid dienone is 1. The van der Waals surface area contributed by atoms with Gasteiger partial charge in [-0.2, -0.15) is 0 Å². The Morgan fingerprint density at radius 3 is 2.04 bits per heavy atom. The third-order valence-corrected chi connectivity index (χ3v) is 12.2. The van der Waals surface area contributed by atoms with Crippen molar-refractivity contribution in [1.82, 2.24) is 0 Å². The fourth-order valence-electron chi connectivity index (χ4n) is 8.93. The lowest BCUT2D eigenvalue weighted by molar-refractivity contribution is -0.379. The van der Waals surface area contributed by atoms with Crippen molar-refractivity contribution in [2.24, 2.45) is 17.8 Å². The van der Waals surface area contributed by atoms with E-state index >= 15 is 0 Å². The van der Waals surface area contributed by atoms with Gasteiger partial charge in [-0.1, -0.05) is 6.08 Å². The van der Waals surface area contributed by atoms with Gasteiger partial charge in [-0.3, -0.25) is 0 Å². The molecule has 6 fully saturated rings. The van der Waals surface area contributed by atoms with E-state index in [1.807, 2.05) is 0 Å². The number of hydrogen-bond acceptors (Lipinski definition) is 18. The van der Waals surface area contributed by atoms with Gasteiger partial charge in [0.1, 0.15) is 55.4 Å². The number of rotatable bonds is 10. The van der Waals surface area contributed by atoms with Gasteiger partial charge in [0.15, 0.2) is 12.6 Å². The number of aliphatic hydroxyl groups excluding tert-OH is 11. The van der Waals surface area contributed by atoms with Gasteiger partial charge in [-0.15, -0.1) is 0 Å². The molecule has 54 heavy (non-hydrogen) atoms. The second-order valence-electron chi connectivity index (χ2n) is 16.0. The molecule has 3 aliphatic heterocycles. The molecule has 11 N–H and O–H groups in total. The van der Waals surface area contributed by atoms with Gasteiger partial charge >= 0.3 is 5.97 Å². The molecule has 3 saturated heterocycles. The van der Waals surface area contributed by atoms with E-state index in [0.717, 1.165) is 0 Å². The first-order valence-corrected chi connectivity index (χ1v) is 19.3. The number of ether oxygens (including phenoxy) is 6. The van der Waals surface area contributed by atoms with Crippen LogP contribution in [0.1, 0.15) is 64.2 Å². The Bertz CT molecular complexity index is 1230. The fourth-order valence-corrected chi connectivity index (χ4v) is 8.93. The van der Waals surface area contributed by atoms with E-state index in [4.69, 9.17) is 28.4 Å². The molecular weight excluding hydrogens is 720 g/mol. The molecule has 0 spiro atoms. The summed E-state index contributed by atoms with van der Waals surface area (Å²) in [6.45, 7) is -1.29. The Morgan fingerprint density at radius 2 is 1.33 bits per heavy atom. The minimum absolute atomic E-state index is 0.0853. The molecule has 0 amide bonds. The van der Waals surface area contributed by atoms with Gasteiger partial charge in [-0.25, -0.2) is 4.79 Å². The maximum absolute atomic E-state index is 12.7. The number of fused-ring (bicyclic) bond motifs is 1. The van der Waals surface area contributed by atoms with Crippen molar-refractivity contribution in [1.29, 1.82) is 0 Å². The lowest BCUT2D eigenvalue weighted by Gasteiger charge is -2.51. The number of carbonyl (C=O) groups is 1. The van der Waals surface area contributed by atoms with Crippen LogP contribution in [0.2, 0.25) is 0 Å². The first-order valence-electron chi connectivity index (χ1n) is 19.3.